The van der Waals surface area contributed by atoms with Crippen LogP contribution in [-0.4, -0.2) is 44.1 Å². The summed E-state index contributed by atoms with van der Waals surface area (Å²) < 4.78 is 11.3. The first-order valence-corrected chi connectivity index (χ1v) is 9.93. The Morgan fingerprint density at radius 2 is 1.78 bits per heavy atom. The van der Waals surface area contributed by atoms with Gasteiger partial charge in [0.05, 0.1) is 18.0 Å². The summed E-state index contributed by atoms with van der Waals surface area (Å²) in [6, 6.07) is 21.4. The lowest BCUT2D eigenvalue weighted by Crippen LogP contribution is -2.25. The lowest BCUT2D eigenvalue weighted by Gasteiger charge is -2.19. The molecule has 0 aliphatic carbocycles. The van der Waals surface area contributed by atoms with Gasteiger partial charge in [0, 0.05) is 6.21 Å². The highest BCUT2D eigenvalue weighted by atomic mass is 16.5. The van der Waals surface area contributed by atoms with E-state index < -0.39 is 18.5 Å². The van der Waals surface area contributed by atoms with Crippen LogP contribution in [0, 0.1) is 5.92 Å². The van der Waals surface area contributed by atoms with Gasteiger partial charge in [0.15, 0.2) is 18.1 Å². The van der Waals surface area contributed by atoms with Crippen molar-refractivity contribution in [1.82, 2.24) is 0 Å². The fraction of sp³-hybridized carbons (Fsp3) is 0.125. The largest absolute Gasteiger partial charge is 0.481 e. The molecule has 32 heavy (non-hydrogen) atoms. The molecular weight excluding hydrogens is 407 g/mol. The minimum Gasteiger partial charge on any atom is -0.481 e. The molecule has 0 bridgehead atoms. The molecule has 0 aromatic heterocycles. The number of carboxylic acids is 1. The number of Topliss-reactive ketones (excluding diaryl/α,β-unsaturated/α-hetero) is 1. The number of benzene rings is 3. The van der Waals surface area contributed by atoms with Crippen LogP contribution in [0.2, 0.25) is 0 Å². The molecule has 0 fully saturated rings. The Labute approximate surface area is 186 Å². The van der Waals surface area contributed by atoms with E-state index in [1.54, 1.807) is 17.3 Å². The van der Waals surface area contributed by atoms with E-state index in [2.05, 4.69) is 5.10 Å². The maximum Gasteiger partial charge on any atom is 0.341 e. The van der Waals surface area contributed by atoms with E-state index in [4.69, 9.17) is 22.4 Å². The normalized spacial score (nSPS) is 14.9. The lowest BCUT2D eigenvalue weighted by molar-refractivity contribution is -0.139. The molecule has 1 atom stereocenters. The Morgan fingerprint density at radius 1 is 1.03 bits per heavy atom. The fourth-order valence-electron chi connectivity index (χ4n) is 3.33. The molecule has 0 spiro atoms. The molecule has 7 nitrogen and oxygen atoms in total. The van der Waals surface area contributed by atoms with Crippen LogP contribution in [-0.2, 0) is 4.79 Å². The molecule has 1 N–H and O–H groups in total. The van der Waals surface area contributed by atoms with Crippen molar-refractivity contribution in [3.63, 3.8) is 0 Å². The molecule has 0 saturated carbocycles. The molecule has 1 heterocycles. The van der Waals surface area contributed by atoms with Crippen molar-refractivity contribution in [3.05, 3.63) is 78.4 Å². The molecule has 2 radical (unpaired) electrons. The minimum atomic E-state index is -1.14. The summed E-state index contributed by atoms with van der Waals surface area (Å²) in [5, 5.41) is 15.0. The Bertz CT molecular complexity index is 1170. The predicted molar refractivity (Wildman–Crippen MR) is 122 cm³/mol. The molecule has 1 unspecified atom stereocenters. The van der Waals surface area contributed by atoms with Gasteiger partial charge in [-0.05, 0) is 30.3 Å². The summed E-state index contributed by atoms with van der Waals surface area (Å²) in [6.07, 6.45) is 1.56. The highest BCUT2D eigenvalue weighted by Crippen LogP contribution is 2.34. The van der Waals surface area contributed by atoms with Gasteiger partial charge in [-0.25, -0.2) is 4.79 Å². The van der Waals surface area contributed by atoms with Crippen LogP contribution >= 0.6 is 0 Å². The molecule has 8 heteroatoms. The quantitative estimate of drug-likeness (QED) is 0.440. The summed E-state index contributed by atoms with van der Waals surface area (Å²) >= 11 is 0. The predicted octanol–water partition coefficient (Wildman–Crippen LogP) is 3.04. The molecule has 0 saturated heterocycles. The van der Waals surface area contributed by atoms with Crippen molar-refractivity contribution in [2.24, 2.45) is 11.0 Å². The number of ether oxygens (including phenoxy) is 2. The summed E-state index contributed by atoms with van der Waals surface area (Å²) in [4.78, 5) is 24.1. The summed E-state index contributed by atoms with van der Waals surface area (Å²) in [5.41, 5.74) is 1.32. The summed E-state index contributed by atoms with van der Waals surface area (Å²) in [5.74, 6) is -0.483. The number of hydrogen-bond donors (Lipinski definition) is 1. The second-order valence-corrected chi connectivity index (χ2v) is 7.14. The van der Waals surface area contributed by atoms with Gasteiger partial charge in [0.25, 0.3) is 0 Å². The van der Waals surface area contributed by atoms with E-state index in [1.807, 2.05) is 54.6 Å². The first-order valence-electron chi connectivity index (χ1n) is 9.93. The zero-order valence-electron chi connectivity index (χ0n) is 17.0. The third-order valence-corrected chi connectivity index (χ3v) is 4.83. The maximum atomic E-state index is 13.2. The number of hydrogen-bond acceptors (Lipinski definition) is 6. The van der Waals surface area contributed by atoms with Gasteiger partial charge in [-0.3, -0.25) is 9.80 Å². The molecule has 158 valence electrons. The Morgan fingerprint density at radius 3 is 2.56 bits per heavy atom. The number of carbonyl (C=O) groups excluding carboxylic acids is 1. The van der Waals surface area contributed by atoms with E-state index in [0.717, 1.165) is 5.69 Å². The van der Waals surface area contributed by atoms with Crippen LogP contribution in [0.1, 0.15) is 10.4 Å². The van der Waals surface area contributed by atoms with Gasteiger partial charge in [-0.15, -0.1) is 0 Å². The highest BCUT2D eigenvalue weighted by Gasteiger charge is 2.29. The van der Waals surface area contributed by atoms with Crippen LogP contribution in [0.4, 0.5) is 5.69 Å². The Balaban J connectivity index is 1.53. The van der Waals surface area contributed by atoms with Crippen LogP contribution in [0.5, 0.6) is 17.2 Å². The SMILES string of the molecule is [B]c1ccc(OCC(=O)O)c(C(=O)C2C=NN(c3ccccc3Oc3ccccc3)C2)c1. The third kappa shape index (κ3) is 4.80. The van der Waals surface area contributed by atoms with Gasteiger partial charge < -0.3 is 14.6 Å². The minimum absolute atomic E-state index is 0.172. The standard InChI is InChI=1S/C24H19BN2O5/c25-17-10-11-21(31-15-23(28)29)19(12-17)24(30)16-13-26-27(14-16)20-8-4-5-9-22(20)32-18-6-2-1-3-7-18/h1-13,16H,14-15H2,(H,28,29). The number of ketones is 1. The van der Waals surface area contributed by atoms with Gasteiger partial charge in [-0.2, -0.15) is 5.10 Å². The van der Waals surface area contributed by atoms with Crippen molar-refractivity contribution in [2.45, 2.75) is 0 Å². The Hall–Kier alpha value is -4.07. The van der Waals surface area contributed by atoms with Gasteiger partial charge in [-0.1, -0.05) is 47.9 Å². The van der Waals surface area contributed by atoms with Gasteiger partial charge in [0.2, 0.25) is 0 Å². The summed E-state index contributed by atoms with van der Waals surface area (Å²) in [7, 11) is 5.85. The number of carbonyl (C=O) groups is 2. The fourth-order valence-corrected chi connectivity index (χ4v) is 3.33. The second-order valence-electron chi connectivity index (χ2n) is 7.14. The summed E-state index contributed by atoms with van der Waals surface area (Å²) in [6.45, 7) is -0.263. The zero-order chi connectivity index (χ0) is 22.5. The topological polar surface area (TPSA) is 88.4 Å². The van der Waals surface area contributed by atoms with Crippen molar-refractivity contribution in [3.8, 4) is 17.2 Å². The average molecular weight is 426 g/mol. The first-order chi connectivity index (χ1) is 15.5. The van der Waals surface area contributed by atoms with E-state index >= 15 is 0 Å². The molecule has 1 aliphatic heterocycles. The first kappa shape index (κ1) is 21.2. The Kier molecular flexibility index (Phi) is 6.21. The molecule has 3 aromatic rings. The van der Waals surface area contributed by atoms with Crippen LogP contribution in [0.25, 0.3) is 0 Å². The van der Waals surface area contributed by atoms with Crippen molar-refractivity contribution >= 4 is 37.0 Å². The molecule has 4 rings (SSSR count). The molecule has 0 amide bonds. The van der Waals surface area contributed by atoms with E-state index in [9.17, 15) is 9.59 Å². The maximum absolute atomic E-state index is 13.2. The van der Waals surface area contributed by atoms with E-state index in [-0.39, 0.29) is 17.1 Å². The number of anilines is 1. The highest BCUT2D eigenvalue weighted by molar-refractivity contribution is 6.33. The second kappa shape index (κ2) is 9.39. The zero-order valence-corrected chi connectivity index (χ0v) is 17.0. The average Bonchev–Trinajstić information content (AvgIpc) is 3.29. The smallest absolute Gasteiger partial charge is 0.341 e. The van der Waals surface area contributed by atoms with E-state index in [1.165, 1.54) is 12.1 Å². The molecule has 1 aliphatic rings. The van der Waals surface area contributed by atoms with Crippen molar-refractivity contribution < 1.29 is 24.2 Å². The van der Waals surface area contributed by atoms with Crippen LogP contribution < -0.4 is 19.9 Å². The van der Waals surface area contributed by atoms with Crippen LogP contribution in [0.15, 0.2) is 77.9 Å². The number of hydrazone groups is 1. The lowest BCUT2D eigenvalue weighted by atomic mass is 9.90. The molecule has 3 aromatic carbocycles. The van der Waals surface area contributed by atoms with Crippen molar-refractivity contribution in [1.29, 1.82) is 0 Å². The number of rotatable bonds is 8. The number of aliphatic carboxylic acids is 1. The number of carboxylic acid groups (broad SMARTS) is 1. The number of nitrogens with zero attached hydrogens (tertiary/aromatic N) is 2. The van der Waals surface area contributed by atoms with Crippen LogP contribution in [0.3, 0.4) is 0 Å². The monoisotopic (exact) mass is 426 g/mol. The third-order valence-electron chi connectivity index (χ3n) is 4.83. The van der Waals surface area contributed by atoms with E-state index in [0.29, 0.717) is 23.5 Å². The number of para-hydroxylation sites is 3. The molecular formula is C24H19BN2O5. The van der Waals surface area contributed by atoms with Gasteiger partial charge >= 0.3 is 5.97 Å². The van der Waals surface area contributed by atoms with Gasteiger partial charge in [0.1, 0.15) is 25.0 Å². The van der Waals surface area contributed by atoms with Crippen molar-refractivity contribution in [2.75, 3.05) is 18.2 Å².